The van der Waals surface area contributed by atoms with E-state index in [0.29, 0.717) is 11.4 Å². The van der Waals surface area contributed by atoms with Gasteiger partial charge in [0, 0.05) is 11.0 Å². The highest BCUT2D eigenvalue weighted by atomic mass is 79.9. The van der Waals surface area contributed by atoms with Gasteiger partial charge in [-0.05, 0) is 59.9 Å². The summed E-state index contributed by atoms with van der Waals surface area (Å²) in [7, 11) is -3.46. The summed E-state index contributed by atoms with van der Waals surface area (Å²) < 4.78 is 28.5. The number of halogens is 1. The zero-order valence-electron chi connectivity index (χ0n) is 11.6. The molecule has 21 heavy (non-hydrogen) atoms. The minimum atomic E-state index is -3.46. The van der Waals surface area contributed by atoms with Crippen molar-refractivity contribution in [1.29, 1.82) is 0 Å². The molecule has 1 aromatic carbocycles. The summed E-state index contributed by atoms with van der Waals surface area (Å²) in [6, 6.07) is 7.41. The molecule has 1 aliphatic heterocycles. The summed E-state index contributed by atoms with van der Waals surface area (Å²) >= 11 is 4.98. The van der Waals surface area contributed by atoms with Crippen molar-refractivity contribution in [3.63, 3.8) is 0 Å². The fourth-order valence-corrected chi connectivity index (χ4v) is 5.96. The van der Waals surface area contributed by atoms with Crippen LogP contribution in [0.15, 0.2) is 44.4 Å². The van der Waals surface area contributed by atoms with Crippen molar-refractivity contribution < 1.29 is 8.42 Å². The standard InChI is InChI=1S/C15H16BrNO2S2/c1-11-4-5-13(16)9-15(11)21(18,19)17-7-2-3-14(17)12-6-8-20-10-12/h4-6,8-10,14H,2-3,7H2,1H3. The number of hydrogen-bond donors (Lipinski definition) is 0. The maximum absolute atomic E-state index is 13.0. The lowest BCUT2D eigenvalue weighted by atomic mass is 10.1. The van der Waals surface area contributed by atoms with Crippen LogP contribution >= 0.6 is 27.3 Å². The molecule has 6 heteroatoms. The zero-order valence-corrected chi connectivity index (χ0v) is 14.8. The van der Waals surface area contributed by atoms with E-state index in [2.05, 4.69) is 15.9 Å². The van der Waals surface area contributed by atoms with Crippen LogP contribution in [-0.2, 0) is 10.0 Å². The molecule has 1 aliphatic rings. The highest BCUT2D eigenvalue weighted by Crippen LogP contribution is 2.38. The molecule has 112 valence electrons. The number of rotatable bonds is 3. The van der Waals surface area contributed by atoms with E-state index in [4.69, 9.17) is 0 Å². The van der Waals surface area contributed by atoms with E-state index in [1.54, 1.807) is 21.7 Å². The van der Waals surface area contributed by atoms with E-state index in [9.17, 15) is 8.42 Å². The zero-order chi connectivity index (χ0) is 15.0. The summed E-state index contributed by atoms with van der Waals surface area (Å²) in [4.78, 5) is 0.402. The molecule has 1 aromatic heterocycles. The SMILES string of the molecule is Cc1ccc(Br)cc1S(=O)(=O)N1CCCC1c1ccsc1. The van der Waals surface area contributed by atoms with Crippen molar-refractivity contribution >= 4 is 37.3 Å². The highest BCUT2D eigenvalue weighted by Gasteiger charge is 2.37. The van der Waals surface area contributed by atoms with Gasteiger partial charge in [-0.3, -0.25) is 0 Å². The van der Waals surface area contributed by atoms with Gasteiger partial charge in [0.25, 0.3) is 0 Å². The number of aryl methyl sites for hydroxylation is 1. The maximum atomic E-state index is 13.0. The third-order valence-electron chi connectivity index (χ3n) is 3.87. The third-order valence-corrected chi connectivity index (χ3v) is 7.11. The van der Waals surface area contributed by atoms with Crippen molar-refractivity contribution in [2.24, 2.45) is 0 Å². The molecule has 1 fully saturated rings. The van der Waals surface area contributed by atoms with Crippen molar-refractivity contribution in [1.82, 2.24) is 4.31 Å². The first-order chi connectivity index (χ1) is 10.00. The summed E-state index contributed by atoms with van der Waals surface area (Å²) in [5.41, 5.74) is 1.89. The summed E-state index contributed by atoms with van der Waals surface area (Å²) in [5, 5.41) is 4.05. The topological polar surface area (TPSA) is 37.4 Å². The van der Waals surface area contributed by atoms with Crippen LogP contribution in [-0.4, -0.2) is 19.3 Å². The molecule has 3 rings (SSSR count). The van der Waals surface area contributed by atoms with Crippen molar-refractivity contribution in [2.75, 3.05) is 6.54 Å². The molecule has 1 saturated heterocycles. The molecule has 0 N–H and O–H groups in total. The van der Waals surface area contributed by atoms with E-state index in [1.165, 1.54) is 0 Å². The molecule has 0 aliphatic carbocycles. The van der Waals surface area contributed by atoms with Gasteiger partial charge in [-0.25, -0.2) is 8.42 Å². The van der Waals surface area contributed by atoms with E-state index >= 15 is 0 Å². The molecule has 0 amide bonds. The lowest BCUT2D eigenvalue weighted by Crippen LogP contribution is -2.31. The average Bonchev–Trinajstić information content (AvgIpc) is 3.10. The van der Waals surface area contributed by atoms with Gasteiger partial charge in [0.15, 0.2) is 0 Å². The van der Waals surface area contributed by atoms with E-state index in [1.807, 2.05) is 35.9 Å². The van der Waals surface area contributed by atoms with Gasteiger partial charge in [-0.1, -0.05) is 22.0 Å². The number of benzene rings is 1. The third kappa shape index (κ3) is 2.82. The minimum absolute atomic E-state index is 0.0281. The van der Waals surface area contributed by atoms with Gasteiger partial charge in [0.05, 0.1) is 10.9 Å². The predicted molar refractivity (Wildman–Crippen MR) is 89.1 cm³/mol. The van der Waals surface area contributed by atoms with Crippen LogP contribution in [0.25, 0.3) is 0 Å². The Labute approximate surface area is 137 Å². The van der Waals surface area contributed by atoms with E-state index < -0.39 is 10.0 Å². The second-order valence-electron chi connectivity index (χ2n) is 5.24. The second-order valence-corrected chi connectivity index (χ2v) is 8.79. The fourth-order valence-electron chi connectivity index (χ4n) is 2.80. The van der Waals surface area contributed by atoms with Gasteiger partial charge in [0.1, 0.15) is 0 Å². The Bertz CT molecular complexity index is 741. The molecular weight excluding hydrogens is 370 g/mol. The smallest absolute Gasteiger partial charge is 0.207 e. The molecule has 2 aromatic rings. The molecule has 2 heterocycles. The number of thiophene rings is 1. The van der Waals surface area contributed by atoms with Crippen molar-refractivity contribution in [2.45, 2.75) is 30.7 Å². The van der Waals surface area contributed by atoms with Crippen molar-refractivity contribution in [3.05, 3.63) is 50.6 Å². The second kappa shape index (κ2) is 5.83. The van der Waals surface area contributed by atoms with Gasteiger partial charge in [-0.15, -0.1) is 0 Å². The molecule has 0 bridgehead atoms. The van der Waals surface area contributed by atoms with Crippen LogP contribution in [0.5, 0.6) is 0 Å². The number of nitrogens with zero attached hydrogens (tertiary/aromatic N) is 1. The number of hydrogen-bond acceptors (Lipinski definition) is 3. The van der Waals surface area contributed by atoms with Gasteiger partial charge in [-0.2, -0.15) is 15.6 Å². The monoisotopic (exact) mass is 385 g/mol. The van der Waals surface area contributed by atoms with Crippen molar-refractivity contribution in [3.8, 4) is 0 Å². The van der Waals surface area contributed by atoms with Crippen LogP contribution in [0.1, 0.15) is 30.0 Å². The minimum Gasteiger partial charge on any atom is -0.207 e. The molecular formula is C15H16BrNO2S2. The molecule has 3 nitrogen and oxygen atoms in total. The summed E-state index contributed by atoms with van der Waals surface area (Å²) in [6.45, 7) is 2.43. The highest BCUT2D eigenvalue weighted by molar-refractivity contribution is 9.10. The Balaban J connectivity index is 2.03. The van der Waals surface area contributed by atoms with Crippen LogP contribution in [0, 0.1) is 6.92 Å². The normalized spacial score (nSPS) is 20.0. The van der Waals surface area contributed by atoms with Gasteiger partial charge in [0.2, 0.25) is 10.0 Å². The first kappa shape index (κ1) is 15.2. The average molecular weight is 386 g/mol. The van der Waals surface area contributed by atoms with E-state index in [0.717, 1.165) is 28.4 Å². The Morgan fingerprint density at radius 2 is 2.14 bits per heavy atom. The quantitative estimate of drug-likeness (QED) is 0.787. The van der Waals surface area contributed by atoms with Gasteiger partial charge >= 0.3 is 0 Å². The fraction of sp³-hybridized carbons (Fsp3) is 0.333. The molecule has 0 spiro atoms. The number of sulfonamides is 1. The molecule has 1 atom stereocenters. The first-order valence-corrected chi connectivity index (χ1v) is 9.98. The van der Waals surface area contributed by atoms with Crippen LogP contribution in [0.3, 0.4) is 0 Å². The van der Waals surface area contributed by atoms with Crippen LogP contribution < -0.4 is 0 Å². The molecule has 0 saturated carbocycles. The predicted octanol–water partition coefficient (Wildman–Crippen LogP) is 4.34. The summed E-state index contributed by atoms with van der Waals surface area (Å²) in [6.07, 6.45) is 1.80. The molecule has 0 radical (unpaired) electrons. The maximum Gasteiger partial charge on any atom is 0.243 e. The largest absolute Gasteiger partial charge is 0.243 e. The Hall–Kier alpha value is -0.690. The lowest BCUT2D eigenvalue weighted by Gasteiger charge is -2.24. The Morgan fingerprint density at radius 3 is 2.86 bits per heavy atom. The Morgan fingerprint density at radius 1 is 1.33 bits per heavy atom. The molecule has 1 unspecified atom stereocenters. The van der Waals surface area contributed by atoms with E-state index in [-0.39, 0.29) is 6.04 Å². The van der Waals surface area contributed by atoms with Gasteiger partial charge < -0.3 is 0 Å². The van der Waals surface area contributed by atoms with Crippen LogP contribution in [0.2, 0.25) is 0 Å². The lowest BCUT2D eigenvalue weighted by molar-refractivity contribution is 0.397. The first-order valence-electron chi connectivity index (χ1n) is 6.80. The Kier molecular flexibility index (Phi) is 4.23. The van der Waals surface area contributed by atoms with Crippen LogP contribution in [0.4, 0.5) is 0 Å². The summed E-state index contributed by atoms with van der Waals surface area (Å²) in [5.74, 6) is 0.